The number of hydrogen-bond donors (Lipinski definition) is 0. The highest BCUT2D eigenvalue weighted by atomic mass is 19.2. The molecule has 0 atom stereocenters. The first-order valence-electron chi connectivity index (χ1n) is 24.1. The van der Waals surface area contributed by atoms with Gasteiger partial charge in [0.05, 0.1) is 0 Å². The molecule has 0 amide bonds. The summed E-state index contributed by atoms with van der Waals surface area (Å²) in [4.78, 5) is 0. The van der Waals surface area contributed by atoms with Crippen molar-refractivity contribution in [1.82, 2.24) is 0 Å². The highest BCUT2D eigenvalue weighted by molar-refractivity contribution is 6.97. The molecule has 10 rings (SSSR count). The van der Waals surface area contributed by atoms with Crippen LogP contribution in [0.1, 0.15) is 77.6 Å². The normalized spacial score (nSPS) is 13.3. The minimum atomic E-state index is -2.83. The van der Waals surface area contributed by atoms with Crippen LogP contribution < -0.4 is 32.8 Å². The Morgan fingerprint density at radius 2 is 0.684 bits per heavy atom. The van der Waals surface area contributed by atoms with E-state index in [9.17, 15) is 8.78 Å². The van der Waals surface area contributed by atoms with Gasteiger partial charge in [-0.3, -0.25) is 0 Å². The predicted octanol–water partition coefficient (Wildman–Crippen LogP) is 13.6. The van der Waals surface area contributed by atoms with Crippen LogP contribution in [0.5, 0.6) is 0 Å². The average Bonchev–Trinajstić information content (AvgIpc) is 3.39. The van der Waals surface area contributed by atoms with Gasteiger partial charge in [0.25, 0.3) is 13.4 Å². The molecule has 9 aromatic rings. The van der Waals surface area contributed by atoms with Crippen LogP contribution in [-0.4, -0.2) is 13.4 Å². The van der Waals surface area contributed by atoms with Crippen LogP contribution in [-0.2, 0) is 16.2 Å². The third kappa shape index (κ3) is 7.79. The summed E-state index contributed by atoms with van der Waals surface area (Å²) >= 11 is 0. The third-order valence-corrected chi connectivity index (χ3v) is 15.1. The molecule has 404 valence electrons. The first-order chi connectivity index (χ1) is 36.8. The van der Waals surface area contributed by atoms with Crippen LogP contribution in [0.25, 0.3) is 43.4 Å². The summed E-state index contributed by atoms with van der Waals surface area (Å²) in [6, 6.07) is 15.9. The van der Waals surface area contributed by atoms with Crippen LogP contribution in [0.3, 0.4) is 0 Å². The van der Waals surface area contributed by atoms with Crippen LogP contribution in [0.4, 0.5) is 79.0 Å². The minimum Gasteiger partial charge on any atom is -0.204 e. The van der Waals surface area contributed by atoms with Gasteiger partial charge < -0.3 is 0 Å². The molecule has 1 aliphatic rings. The van der Waals surface area contributed by atoms with E-state index in [-0.39, 0.29) is 43.6 Å². The van der Waals surface area contributed by atoms with Crippen LogP contribution in [0.2, 0.25) is 0 Å². The summed E-state index contributed by atoms with van der Waals surface area (Å²) in [7, 11) is 0. The number of halogens is 18. The Kier molecular flexibility index (Phi) is 12.8. The molecule has 0 nitrogen and oxygen atoms in total. The molecule has 0 aliphatic heterocycles. The van der Waals surface area contributed by atoms with Gasteiger partial charge in [0, 0.05) is 38.4 Å². The molecule has 0 radical (unpaired) electrons. The molecule has 20 heteroatoms. The Hall–Kier alpha value is -7.37. The van der Waals surface area contributed by atoms with Crippen molar-refractivity contribution in [2.75, 3.05) is 0 Å². The van der Waals surface area contributed by atoms with Gasteiger partial charge in [-0.25, -0.2) is 79.0 Å². The first-order valence-corrected chi connectivity index (χ1v) is 24.1. The maximum absolute atomic E-state index is 16.8. The lowest BCUT2D eigenvalue weighted by atomic mass is 9.35. The number of benzene rings is 9. The van der Waals surface area contributed by atoms with Gasteiger partial charge in [-0.15, -0.1) is 0 Å². The van der Waals surface area contributed by atoms with Crippen LogP contribution >= 0.6 is 0 Å². The fourth-order valence-corrected chi connectivity index (χ4v) is 11.5. The van der Waals surface area contributed by atoms with Crippen molar-refractivity contribution < 1.29 is 79.0 Å². The topological polar surface area (TPSA) is 0 Å². The van der Waals surface area contributed by atoms with Crippen LogP contribution in [0, 0.1) is 105 Å². The lowest BCUT2D eigenvalue weighted by molar-refractivity contribution is 0.384. The fourth-order valence-electron chi connectivity index (χ4n) is 11.5. The molecule has 0 heterocycles. The zero-order valence-corrected chi connectivity index (χ0v) is 42.4. The molecule has 0 saturated carbocycles. The van der Waals surface area contributed by atoms with E-state index >= 15 is 70.2 Å². The smallest absolute Gasteiger partial charge is 0.204 e. The van der Waals surface area contributed by atoms with Crippen molar-refractivity contribution in [3.05, 3.63) is 200 Å². The van der Waals surface area contributed by atoms with Crippen molar-refractivity contribution in [3.63, 3.8) is 0 Å². The van der Waals surface area contributed by atoms with E-state index in [1.807, 2.05) is 0 Å². The Bertz CT molecular complexity index is 4080. The largest absolute Gasteiger partial charge is 0.257 e. The van der Waals surface area contributed by atoms with E-state index in [0.717, 1.165) is 18.2 Å². The van der Waals surface area contributed by atoms with E-state index in [0.29, 0.717) is 10.9 Å². The van der Waals surface area contributed by atoms with Crippen molar-refractivity contribution in [1.29, 1.82) is 0 Å². The summed E-state index contributed by atoms with van der Waals surface area (Å²) in [6.07, 6.45) is 0. The molecule has 0 fully saturated rings. The Morgan fingerprint density at radius 3 is 1.11 bits per heavy atom. The lowest BCUT2D eigenvalue weighted by Gasteiger charge is -2.36. The lowest BCUT2D eigenvalue weighted by Crippen LogP contribution is -2.58. The van der Waals surface area contributed by atoms with Gasteiger partial charge in [0.2, 0.25) is 0 Å². The van der Waals surface area contributed by atoms with Crippen LogP contribution in [0.15, 0.2) is 72.8 Å². The van der Waals surface area contributed by atoms with E-state index in [4.69, 9.17) is 0 Å². The average molecular weight is 1110 g/mol. The quantitative estimate of drug-likeness (QED) is 0.0512. The first kappa shape index (κ1) is 55.0. The summed E-state index contributed by atoms with van der Waals surface area (Å²) in [5.41, 5.74) is -14.4. The Labute approximate surface area is 438 Å². The molecule has 0 unspecified atom stereocenters. The van der Waals surface area contributed by atoms with E-state index in [1.54, 1.807) is 19.9 Å². The summed E-state index contributed by atoms with van der Waals surface area (Å²) < 4.78 is 286. The summed E-state index contributed by atoms with van der Waals surface area (Å²) in [6.45, 7) is 4.71. The number of hydrogen-bond acceptors (Lipinski definition) is 0. The van der Waals surface area contributed by atoms with Gasteiger partial charge in [-0.05, 0) is 71.5 Å². The molecule has 79 heavy (non-hydrogen) atoms. The summed E-state index contributed by atoms with van der Waals surface area (Å²) in [5.74, 6) is -42.6. The van der Waals surface area contributed by atoms with Crippen molar-refractivity contribution in [2.24, 2.45) is 0 Å². The van der Waals surface area contributed by atoms with Gasteiger partial charge in [0.15, 0.2) is 105 Å². The Balaban J connectivity index is 1.30. The van der Waals surface area contributed by atoms with Crippen molar-refractivity contribution in [3.8, 4) is 11.1 Å². The Morgan fingerprint density at radius 1 is 0.316 bits per heavy atom. The maximum Gasteiger partial charge on any atom is 0.257 e. The van der Waals surface area contributed by atoms with Crippen molar-refractivity contribution >= 4 is 78.5 Å². The number of rotatable bonds is 6. The molecule has 0 spiro atoms. The SMILES string of the molecule is CC(C)(C)c1c(F)c(F)c(B(c2ccc3c(c2)C(C)(C)c2cccc4c2c-3cc2c3ccccc3c(B(c3c(F)c(F)c(F)c(F)c3F)c3c(F)c(F)c(C(C)(C)C)c(F)c3F)cc42)c2c(F)c(F)c(F)c(F)c2F)c(F)c1F. The zero-order chi connectivity index (χ0) is 57.9. The van der Waals surface area contributed by atoms with Gasteiger partial charge in [-0.2, -0.15) is 0 Å². The predicted molar refractivity (Wildman–Crippen MR) is 268 cm³/mol. The second-order valence-corrected chi connectivity index (χ2v) is 22.1. The molecule has 1 aliphatic carbocycles. The van der Waals surface area contributed by atoms with E-state index in [2.05, 4.69) is 0 Å². The standard InChI is InChI=1S/C59H36B2F18/c1-57(2,3)33-39(62)43(66)35(44(67)40(33)63)60(36-47(70)51(74)55(78)52(75)48(36)71)21-16-17-23-28-19-26-22-12-9-10-13-24(22)31(20-27(26)25-14-11-15-29(32(25)28)59(7,8)30(23)18-21)61(38-49(72)53(76)56(79)54(77)50(38)73)37-45(68)41(64)34(58(4,5)6)42(65)46(37)69/h9-20H,1-8H3. The minimum absolute atomic E-state index is 0.0450. The fraction of sp³-hybridized carbons (Fsp3) is 0.186. The second-order valence-electron chi connectivity index (χ2n) is 22.1. The monoisotopic (exact) mass is 1110 g/mol. The second kappa shape index (κ2) is 18.3. The molecule has 0 N–H and O–H groups in total. The molecule has 0 bridgehead atoms. The zero-order valence-electron chi connectivity index (χ0n) is 42.4. The van der Waals surface area contributed by atoms with E-state index in [1.165, 1.54) is 90.1 Å². The molecule has 9 aromatic carbocycles. The third-order valence-electron chi connectivity index (χ3n) is 15.1. The van der Waals surface area contributed by atoms with Gasteiger partial charge in [-0.1, -0.05) is 133 Å². The highest BCUT2D eigenvalue weighted by Gasteiger charge is 2.46. The van der Waals surface area contributed by atoms with Gasteiger partial charge >= 0.3 is 0 Å². The number of fused-ring (bicyclic) bond motifs is 6. The molecule has 0 saturated heterocycles. The van der Waals surface area contributed by atoms with Crippen molar-refractivity contribution in [2.45, 2.75) is 71.6 Å². The van der Waals surface area contributed by atoms with E-state index < -0.39 is 178 Å². The van der Waals surface area contributed by atoms with Gasteiger partial charge in [0.1, 0.15) is 0 Å². The summed E-state index contributed by atoms with van der Waals surface area (Å²) in [5, 5.41) is 0.638. The maximum atomic E-state index is 16.8. The highest BCUT2D eigenvalue weighted by Crippen LogP contribution is 2.51. The molecular weight excluding hydrogens is 1070 g/mol. The molecular formula is C59H36B2F18. The molecule has 0 aromatic heterocycles.